The molecule has 0 unspecified atom stereocenters. The van der Waals surface area contributed by atoms with Crippen LogP contribution < -0.4 is 0 Å². The third-order valence-corrected chi connectivity index (χ3v) is 5.45. The predicted molar refractivity (Wildman–Crippen MR) is 116 cm³/mol. The minimum absolute atomic E-state index is 0.285. The van der Waals surface area contributed by atoms with Gasteiger partial charge in [0.25, 0.3) is 0 Å². The van der Waals surface area contributed by atoms with E-state index in [1.165, 1.54) is 70.6 Å². The first-order valence-electron chi connectivity index (χ1n) is 11.5. The van der Waals surface area contributed by atoms with Gasteiger partial charge < -0.3 is 14.6 Å². The molecule has 0 spiro atoms. The Hall–Kier alpha value is -1.16. The van der Waals surface area contributed by atoms with E-state index in [1.807, 2.05) is 36.4 Å². The Labute approximate surface area is 172 Å². The normalized spacial score (nSPS) is 22.7. The van der Waals surface area contributed by atoms with Crippen LogP contribution in [0.25, 0.3) is 0 Å². The highest BCUT2D eigenvalue weighted by Crippen LogP contribution is 2.27. The molecule has 2 rings (SSSR count). The van der Waals surface area contributed by atoms with Crippen molar-refractivity contribution in [3.8, 4) is 0 Å². The molecule has 158 valence electrons. The number of hydrogen-bond donors (Lipinski definition) is 1. The molecule has 1 aromatic rings. The molecule has 3 nitrogen and oxygen atoms in total. The van der Waals surface area contributed by atoms with Crippen molar-refractivity contribution in [3.63, 3.8) is 0 Å². The van der Waals surface area contributed by atoms with E-state index in [1.54, 1.807) is 0 Å². The molecule has 0 aromatic heterocycles. The smallest absolute Gasteiger partial charge is 0.184 e. The second-order valence-corrected chi connectivity index (χ2v) is 8.00. The molecule has 3 heteroatoms. The van der Waals surface area contributed by atoms with Gasteiger partial charge in [-0.2, -0.15) is 0 Å². The molecule has 0 saturated carbocycles. The van der Waals surface area contributed by atoms with Gasteiger partial charge in [-0.3, -0.25) is 0 Å². The van der Waals surface area contributed by atoms with Gasteiger partial charge in [-0.05, 0) is 12.8 Å². The van der Waals surface area contributed by atoms with Crippen molar-refractivity contribution in [2.45, 2.75) is 102 Å². The van der Waals surface area contributed by atoms with Crippen LogP contribution in [0.5, 0.6) is 0 Å². The van der Waals surface area contributed by atoms with Crippen molar-refractivity contribution in [2.24, 2.45) is 0 Å². The van der Waals surface area contributed by atoms with Crippen molar-refractivity contribution in [2.75, 3.05) is 6.61 Å². The maximum absolute atomic E-state index is 10.1. The Bertz CT molecular complexity index is 514. The van der Waals surface area contributed by atoms with Crippen LogP contribution in [0, 0.1) is 0 Å². The van der Waals surface area contributed by atoms with Gasteiger partial charge in [0.15, 0.2) is 6.29 Å². The zero-order chi connectivity index (χ0) is 19.9. The van der Waals surface area contributed by atoms with E-state index in [0.717, 1.165) is 12.0 Å². The van der Waals surface area contributed by atoms with Crippen LogP contribution in [-0.2, 0) is 9.47 Å². The molecule has 28 heavy (non-hydrogen) atoms. The summed E-state index contributed by atoms with van der Waals surface area (Å²) in [5.41, 5.74) is 0.998. The molecule has 0 aliphatic carbocycles. The Morgan fingerprint density at radius 3 is 2.14 bits per heavy atom. The summed E-state index contributed by atoms with van der Waals surface area (Å²) in [6.45, 7) is 2.59. The largest absolute Gasteiger partial charge is 0.388 e. The lowest BCUT2D eigenvalue weighted by Gasteiger charge is -2.32. The van der Waals surface area contributed by atoms with Crippen LogP contribution in [0.1, 0.15) is 95.8 Å². The maximum Gasteiger partial charge on any atom is 0.184 e. The van der Waals surface area contributed by atoms with E-state index in [-0.39, 0.29) is 12.4 Å². The van der Waals surface area contributed by atoms with Crippen molar-refractivity contribution in [3.05, 3.63) is 48.0 Å². The van der Waals surface area contributed by atoms with Crippen LogP contribution in [0.4, 0.5) is 0 Å². The van der Waals surface area contributed by atoms with Gasteiger partial charge in [-0.15, -0.1) is 0 Å². The minimum atomic E-state index is -0.589. The Kier molecular flexibility index (Phi) is 12.2. The van der Waals surface area contributed by atoms with Crippen LogP contribution in [0.15, 0.2) is 42.5 Å². The third kappa shape index (κ3) is 9.36. The highest BCUT2D eigenvalue weighted by atomic mass is 16.7. The number of ether oxygens (including phenoxy) is 2. The van der Waals surface area contributed by atoms with E-state index < -0.39 is 6.10 Å². The molecular weight excluding hydrogens is 348 g/mol. The lowest BCUT2D eigenvalue weighted by molar-refractivity contribution is -0.243. The minimum Gasteiger partial charge on any atom is -0.388 e. The van der Waals surface area contributed by atoms with Crippen LogP contribution in [-0.4, -0.2) is 23.9 Å². The van der Waals surface area contributed by atoms with E-state index in [9.17, 15) is 5.11 Å². The van der Waals surface area contributed by atoms with Gasteiger partial charge in [0.2, 0.25) is 0 Å². The van der Waals surface area contributed by atoms with Crippen molar-refractivity contribution < 1.29 is 14.6 Å². The molecule has 0 radical (unpaired) electrons. The highest BCUT2D eigenvalue weighted by molar-refractivity contribution is 5.16. The summed E-state index contributed by atoms with van der Waals surface area (Å²) < 4.78 is 11.6. The number of aliphatic hydroxyl groups excluding tert-OH is 1. The number of hydrogen-bond acceptors (Lipinski definition) is 3. The SMILES string of the molecule is CCCCCCCCCCCCC/C=C/[C@@H]1O[C@H](c2ccccc2)OC[C@@H]1O. The molecular formula is C25H40O3. The standard InChI is InChI=1S/C25H40O3/c1-2-3-4-5-6-7-8-9-10-11-12-13-17-20-24-23(26)21-27-25(28-24)22-18-15-14-16-19-22/h14-20,23-26H,2-13,21H2,1H3/b20-17+/t23-,24-,25+/m0/s1. The fourth-order valence-corrected chi connectivity index (χ4v) is 3.67. The van der Waals surface area contributed by atoms with Gasteiger partial charge >= 0.3 is 0 Å². The highest BCUT2D eigenvalue weighted by Gasteiger charge is 2.29. The summed E-state index contributed by atoms with van der Waals surface area (Å²) in [6.07, 6.45) is 19.0. The summed E-state index contributed by atoms with van der Waals surface area (Å²) in [5, 5.41) is 10.1. The first-order chi connectivity index (χ1) is 13.8. The van der Waals surface area contributed by atoms with E-state index in [4.69, 9.17) is 9.47 Å². The molecule has 1 heterocycles. The predicted octanol–water partition coefficient (Wildman–Crippen LogP) is 6.72. The van der Waals surface area contributed by atoms with Gasteiger partial charge in [0, 0.05) is 5.56 Å². The maximum atomic E-state index is 10.1. The molecule has 1 N–H and O–H groups in total. The molecule has 0 bridgehead atoms. The number of rotatable bonds is 14. The summed E-state index contributed by atoms with van der Waals surface area (Å²) in [7, 11) is 0. The second-order valence-electron chi connectivity index (χ2n) is 8.00. The molecule has 1 aliphatic heterocycles. The fraction of sp³-hybridized carbons (Fsp3) is 0.680. The molecule has 1 saturated heterocycles. The number of benzene rings is 1. The third-order valence-electron chi connectivity index (χ3n) is 5.45. The van der Waals surface area contributed by atoms with Gasteiger partial charge in [0.05, 0.1) is 6.61 Å². The summed E-state index contributed by atoms with van der Waals surface area (Å²) >= 11 is 0. The first-order valence-corrected chi connectivity index (χ1v) is 11.5. The van der Waals surface area contributed by atoms with Gasteiger partial charge in [-0.25, -0.2) is 0 Å². The average Bonchev–Trinajstić information content (AvgIpc) is 2.73. The quantitative estimate of drug-likeness (QED) is 0.284. The summed E-state index contributed by atoms with van der Waals surface area (Å²) in [4.78, 5) is 0. The molecule has 3 atom stereocenters. The Morgan fingerprint density at radius 2 is 1.50 bits per heavy atom. The van der Waals surface area contributed by atoms with Crippen molar-refractivity contribution in [1.29, 1.82) is 0 Å². The first kappa shape index (κ1) is 23.1. The van der Waals surface area contributed by atoms with Crippen LogP contribution in [0.3, 0.4) is 0 Å². The Morgan fingerprint density at radius 1 is 0.893 bits per heavy atom. The Balaban J connectivity index is 1.51. The molecule has 1 aliphatic rings. The number of unbranched alkanes of at least 4 members (excludes halogenated alkanes) is 11. The zero-order valence-electron chi connectivity index (χ0n) is 17.7. The summed E-state index contributed by atoms with van der Waals surface area (Å²) in [6, 6.07) is 9.92. The van der Waals surface area contributed by atoms with Gasteiger partial charge in [0.1, 0.15) is 12.2 Å². The zero-order valence-corrected chi connectivity index (χ0v) is 17.7. The molecule has 1 aromatic carbocycles. The van der Waals surface area contributed by atoms with E-state index >= 15 is 0 Å². The topological polar surface area (TPSA) is 38.7 Å². The van der Waals surface area contributed by atoms with Crippen LogP contribution in [0.2, 0.25) is 0 Å². The molecule has 1 fully saturated rings. The van der Waals surface area contributed by atoms with Crippen LogP contribution >= 0.6 is 0 Å². The van der Waals surface area contributed by atoms with E-state index in [2.05, 4.69) is 13.0 Å². The monoisotopic (exact) mass is 388 g/mol. The van der Waals surface area contributed by atoms with Crippen molar-refractivity contribution >= 4 is 0 Å². The summed E-state index contributed by atoms with van der Waals surface area (Å²) in [5.74, 6) is 0. The number of allylic oxidation sites excluding steroid dienone is 1. The molecule has 0 amide bonds. The number of aliphatic hydroxyl groups is 1. The average molecular weight is 389 g/mol. The van der Waals surface area contributed by atoms with E-state index in [0.29, 0.717) is 6.61 Å². The van der Waals surface area contributed by atoms with Gasteiger partial charge in [-0.1, -0.05) is 114 Å². The van der Waals surface area contributed by atoms with Crippen molar-refractivity contribution in [1.82, 2.24) is 0 Å². The lowest BCUT2D eigenvalue weighted by Crippen LogP contribution is -2.39. The fourth-order valence-electron chi connectivity index (χ4n) is 3.67. The lowest BCUT2D eigenvalue weighted by atomic mass is 10.0. The second kappa shape index (κ2) is 14.8.